The standard InChI is InChI=1S/C18H23NO7S/c1-19(2)12-7-8-17(14(9-12)22-3)27(20,21)26-13-10-15(23-4)18(25-6)16(11-13)24-5/h7-11H,1-6H3. The molecule has 0 bridgehead atoms. The molecule has 0 aliphatic rings. The maximum Gasteiger partial charge on any atom is 0.342 e. The van der Waals surface area contributed by atoms with E-state index in [1.54, 1.807) is 12.1 Å². The van der Waals surface area contributed by atoms with Crippen molar-refractivity contribution in [3.63, 3.8) is 0 Å². The van der Waals surface area contributed by atoms with Crippen LogP contribution in [0.1, 0.15) is 0 Å². The zero-order valence-electron chi connectivity index (χ0n) is 16.1. The van der Waals surface area contributed by atoms with E-state index in [1.807, 2.05) is 19.0 Å². The fourth-order valence-electron chi connectivity index (χ4n) is 2.42. The molecule has 0 amide bonds. The van der Waals surface area contributed by atoms with Crippen LogP contribution in [-0.4, -0.2) is 51.0 Å². The Hall–Kier alpha value is -2.81. The Morgan fingerprint density at radius 3 is 1.78 bits per heavy atom. The van der Waals surface area contributed by atoms with Crippen molar-refractivity contribution in [1.82, 2.24) is 0 Å². The molecular formula is C18H23NO7S. The fraction of sp³-hybridized carbons (Fsp3) is 0.333. The molecule has 0 radical (unpaired) electrons. The maximum atomic E-state index is 12.8. The van der Waals surface area contributed by atoms with Crippen LogP contribution >= 0.6 is 0 Å². The minimum absolute atomic E-state index is 0.0169. The van der Waals surface area contributed by atoms with Crippen molar-refractivity contribution in [2.45, 2.75) is 4.90 Å². The first-order chi connectivity index (χ1) is 12.8. The molecule has 9 heteroatoms. The molecular weight excluding hydrogens is 374 g/mol. The Morgan fingerprint density at radius 2 is 1.33 bits per heavy atom. The van der Waals surface area contributed by atoms with Gasteiger partial charge in [0, 0.05) is 38.0 Å². The first kappa shape index (κ1) is 20.5. The predicted molar refractivity (Wildman–Crippen MR) is 101 cm³/mol. The third kappa shape index (κ3) is 4.30. The molecule has 148 valence electrons. The third-order valence-electron chi connectivity index (χ3n) is 3.78. The summed E-state index contributed by atoms with van der Waals surface area (Å²) in [5.41, 5.74) is 0.790. The summed E-state index contributed by atoms with van der Waals surface area (Å²) in [5, 5.41) is 0. The van der Waals surface area contributed by atoms with Crippen LogP contribution in [0.25, 0.3) is 0 Å². The van der Waals surface area contributed by atoms with Crippen LogP contribution in [-0.2, 0) is 10.1 Å². The van der Waals surface area contributed by atoms with Gasteiger partial charge in [0.15, 0.2) is 17.2 Å². The van der Waals surface area contributed by atoms with Gasteiger partial charge in [0.1, 0.15) is 10.6 Å². The number of rotatable bonds is 8. The molecule has 0 heterocycles. The topological polar surface area (TPSA) is 83.5 Å². The first-order valence-electron chi connectivity index (χ1n) is 7.87. The van der Waals surface area contributed by atoms with Crippen molar-refractivity contribution in [3.05, 3.63) is 30.3 Å². The molecule has 2 rings (SSSR count). The summed E-state index contributed by atoms with van der Waals surface area (Å²) in [6, 6.07) is 7.51. The summed E-state index contributed by atoms with van der Waals surface area (Å²) in [6.07, 6.45) is 0. The smallest absolute Gasteiger partial charge is 0.342 e. The number of hydrogen-bond donors (Lipinski definition) is 0. The highest BCUT2D eigenvalue weighted by atomic mass is 32.2. The molecule has 0 aromatic heterocycles. The lowest BCUT2D eigenvalue weighted by Gasteiger charge is -2.17. The largest absolute Gasteiger partial charge is 0.495 e. The first-order valence-corrected chi connectivity index (χ1v) is 9.28. The van der Waals surface area contributed by atoms with Crippen LogP contribution in [0.4, 0.5) is 5.69 Å². The molecule has 0 aliphatic heterocycles. The highest BCUT2D eigenvalue weighted by molar-refractivity contribution is 7.87. The molecule has 0 atom stereocenters. The Kier molecular flexibility index (Phi) is 6.27. The molecule has 0 saturated heterocycles. The van der Waals surface area contributed by atoms with E-state index in [4.69, 9.17) is 23.1 Å². The summed E-state index contributed by atoms with van der Waals surface area (Å²) in [7, 11) is 5.23. The average Bonchev–Trinajstić information content (AvgIpc) is 2.65. The van der Waals surface area contributed by atoms with Gasteiger partial charge in [0.2, 0.25) is 5.75 Å². The quantitative estimate of drug-likeness (QED) is 0.629. The second-order valence-corrected chi connectivity index (χ2v) is 7.14. The Morgan fingerprint density at radius 1 is 0.778 bits per heavy atom. The summed E-state index contributed by atoms with van der Waals surface area (Å²) in [6.45, 7) is 0. The Balaban J connectivity index is 2.48. The Bertz CT molecular complexity index is 885. The summed E-state index contributed by atoms with van der Waals surface area (Å²) >= 11 is 0. The molecule has 0 unspecified atom stereocenters. The minimum atomic E-state index is -4.16. The van der Waals surface area contributed by atoms with E-state index in [2.05, 4.69) is 0 Å². The summed E-state index contributed by atoms with van der Waals surface area (Å²) < 4.78 is 51.7. The summed E-state index contributed by atoms with van der Waals surface area (Å²) in [5.74, 6) is 1.07. The van der Waals surface area contributed by atoms with Gasteiger partial charge < -0.3 is 28.0 Å². The molecule has 0 fully saturated rings. The lowest BCUT2D eigenvalue weighted by molar-refractivity contribution is 0.322. The molecule has 0 saturated carbocycles. The molecule has 2 aromatic carbocycles. The molecule has 0 aliphatic carbocycles. The third-order valence-corrected chi connectivity index (χ3v) is 5.06. The van der Waals surface area contributed by atoms with Gasteiger partial charge in [-0.15, -0.1) is 0 Å². The molecule has 27 heavy (non-hydrogen) atoms. The van der Waals surface area contributed by atoms with Crippen molar-refractivity contribution in [2.24, 2.45) is 0 Å². The normalized spacial score (nSPS) is 10.9. The van der Waals surface area contributed by atoms with Crippen LogP contribution in [0.2, 0.25) is 0 Å². The highest BCUT2D eigenvalue weighted by Gasteiger charge is 2.24. The number of ether oxygens (including phenoxy) is 4. The highest BCUT2D eigenvalue weighted by Crippen LogP contribution is 2.42. The maximum absolute atomic E-state index is 12.8. The number of nitrogens with zero attached hydrogens (tertiary/aromatic N) is 1. The fourth-order valence-corrected chi connectivity index (χ4v) is 3.48. The molecule has 0 spiro atoms. The van der Waals surface area contributed by atoms with E-state index in [9.17, 15) is 8.42 Å². The van der Waals surface area contributed by atoms with Crippen LogP contribution in [0.15, 0.2) is 35.2 Å². The zero-order chi connectivity index (χ0) is 20.2. The van der Waals surface area contributed by atoms with E-state index in [1.165, 1.54) is 46.6 Å². The SMILES string of the molecule is COc1cc(N(C)C)ccc1S(=O)(=O)Oc1cc(OC)c(OC)c(OC)c1. The van der Waals surface area contributed by atoms with Crippen LogP contribution < -0.4 is 28.0 Å². The number of methoxy groups -OCH3 is 4. The Labute approximate surface area is 159 Å². The van der Waals surface area contributed by atoms with Gasteiger partial charge >= 0.3 is 10.1 Å². The lowest BCUT2D eigenvalue weighted by atomic mass is 10.2. The number of anilines is 1. The number of hydrogen-bond acceptors (Lipinski definition) is 8. The molecule has 2 aromatic rings. The van der Waals surface area contributed by atoms with E-state index in [0.29, 0.717) is 5.75 Å². The van der Waals surface area contributed by atoms with Crippen molar-refractivity contribution in [1.29, 1.82) is 0 Å². The second-order valence-electron chi connectivity index (χ2n) is 5.63. The van der Waals surface area contributed by atoms with E-state index in [0.717, 1.165) is 5.69 Å². The van der Waals surface area contributed by atoms with E-state index in [-0.39, 0.29) is 27.9 Å². The number of benzene rings is 2. The van der Waals surface area contributed by atoms with Crippen LogP contribution in [0.3, 0.4) is 0 Å². The van der Waals surface area contributed by atoms with Gasteiger partial charge in [-0.1, -0.05) is 0 Å². The summed E-state index contributed by atoms with van der Waals surface area (Å²) in [4.78, 5) is 1.74. The molecule has 0 N–H and O–H groups in total. The predicted octanol–water partition coefficient (Wildman–Crippen LogP) is 2.55. The zero-order valence-corrected chi connectivity index (χ0v) is 16.9. The lowest BCUT2D eigenvalue weighted by Crippen LogP contribution is -2.13. The van der Waals surface area contributed by atoms with Crippen molar-refractivity contribution in [3.8, 4) is 28.7 Å². The van der Waals surface area contributed by atoms with Crippen molar-refractivity contribution >= 4 is 15.8 Å². The van der Waals surface area contributed by atoms with E-state index >= 15 is 0 Å². The van der Waals surface area contributed by atoms with Gasteiger partial charge in [0.05, 0.1) is 28.4 Å². The molecule has 8 nitrogen and oxygen atoms in total. The van der Waals surface area contributed by atoms with Gasteiger partial charge in [-0.05, 0) is 12.1 Å². The van der Waals surface area contributed by atoms with Gasteiger partial charge in [-0.3, -0.25) is 0 Å². The van der Waals surface area contributed by atoms with Crippen molar-refractivity contribution < 1.29 is 31.5 Å². The van der Waals surface area contributed by atoms with Gasteiger partial charge in [-0.2, -0.15) is 8.42 Å². The van der Waals surface area contributed by atoms with Crippen LogP contribution in [0.5, 0.6) is 28.7 Å². The van der Waals surface area contributed by atoms with Crippen molar-refractivity contribution in [2.75, 3.05) is 47.4 Å². The van der Waals surface area contributed by atoms with Gasteiger partial charge in [-0.25, -0.2) is 0 Å². The van der Waals surface area contributed by atoms with E-state index < -0.39 is 10.1 Å². The van der Waals surface area contributed by atoms with Crippen LogP contribution in [0, 0.1) is 0 Å². The van der Waals surface area contributed by atoms with Gasteiger partial charge in [0.25, 0.3) is 0 Å². The average molecular weight is 397 g/mol. The monoisotopic (exact) mass is 397 g/mol. The second kappa shape index (κ2) is 8.26. The minimum Gasteiger partial charge on any atom is -0.495 e.